The molecule has 24 heavy (non-hydrogen) atoms. The van der Waals surface area contributed by atoms with Crippen molar-refractivity contribution in [3.8, 4) is 0 Å². The van der Waals surface area contributed by atoms with Crippen molar-refractivity contribution in [3.05, 3.63) is 23.3 Å². The minimum atomic E-state index is -0.619. The van der Waals surface area contributed by atoms with E-state index in [2.05, 4.69) is 53.7 Å². The van der Waals surface area contributed by atoms with Gasteiger partial charge in [0.15, 0.2) is 0 Å². The number of thioether (sulfide) groups is 1. The second-order valence-corrected chi connectivity index (χ2v) is 10.7. The summed E-state index contributed by atoms with van der Waals surface area (Å²) in [7, 11) is 0. The molecule has 0 saturated carbocycles. The summed E-state index contributed by atoms with van der Waals surface area (Å²) in [5.41, 5.74) is 3.11. The quantitative estimate of drug-likeness (QED) is 0.684. The highest BCUT2D eigenvalue weighted by atomic mass is 32.2. The van der Waals surface area contributed by atoms with Gasteiger partial charge in [-0.25, -0.2) is 0 Å². The predicted octanol–water partition coefficient (Wildman–Crippen LogP) is 5.80. The minimum absolute atomic E-state index is 0.140. The van der Waals surface area contributed by atoms with Gasteiger partial charge in [-0.15, -0.1) is 0 Å². The van der Waals surface area contributed by atoms with Gasteiger partial charge < -0.3 is 5.11 Å². The summed E-state index contributed by atoms with van der Waals surface area (Å²) in [6.45, 7) is 13.7. The first kappa shape index (κ1) is 19.6. The highest BCUT2D eigenvalue weighted by Crippen LogP contribution is 2.45. The highest BCUT2D eigenvalue weighted by Gasteiger charge is 2.36. The van der Waals surface area contributed by atoms with Crippen molar-refractivity contribution in [1.82, 2.24) is 0 Å². The molecule has 1 aliphatic heterocycles. The number of hydrogen-bond donors (Lipinski definition) is 1. The number of aliphatic carboxylic acids is 1. The van der Waals surface area contributed by atoms with Crippen molar-refractivity contribution in [2.45, 2.75) is 60.8 Å². The first-order valence-electron chi connectivity index (χ1n) is 9.23. The molecule has 0 radical (unpaired) electrons. The maximum Gasteiger partial charge on any atom is 0.307 e. The van der Waals surface area contributed by atoms with Crippen LogP contribution in [-0.4, -0.2) is 22.6 Å². The molecule has 3 heteroatoms. The molecule has 0 aromatic carbocycles. The topological polar surface area (TPSA) is 37.3 Å². The van der Waals surface area contributed by atoms with Crippen LogP contribution in [0.25, 0.3) is 0 Å². The molecule has 136 valence electrons. The molecule has 1 saturated heterocycles. The highest BCUT2D eigenvalue weighted by molar-refractivity contribution is 7.99. The normalized spacial score (nSPS) is 29.5. The Balaban J connectivity index is 2.43. The fourth-order valence-electron chi connectivity index (χ4n) is 3.77. The monoisotopic (exact) mass is 350 g/mol. The van der Waals surface area contributed by atoms with Gasteiger partial charge in [-0.1, -0.05) is 59.3 Å². The fraction of sp³-hybridized carbons (Fsp3) is 0.762. The van der Waals surface area contributed by atoms with Crippen LogP contribution in [0.5, 0.6) is 0 Å². The number of carboxylic acids is 1. The lowest BCUT2D eigenvalue weighted by molar-refractivity contribution is -0.143. The summed E-state index contributed by atoms with van der Waals surface area (Å²) in [6.07, 6.45) is 7.62. The van der Waals surface area contributed by atoms with E-state index in [4.69, 9.17) is 0 Å². The van der Waals surface area contributed by atoms with Gasteiger partial charge in [-0.3, -0.25) is 4.79 Å². The molecule has 0 aromatic rings. The third kappa shape index (κ3) is 4.68. The Bertz CT molecular complexity index is 531. The van der Waals surface area contributed by atoms with E-state index in [1.165, 1.54) is 11.1 Å². The average Bonchev–Trinajstić information content (AvgIpc) is 2.70. The maximum absolute atomic E-state index is 11.9. The van der Waals surface area contributed by atoms with Crippen LogP contribution in [0, 0.1) is 28.6 Å². The first-order chi connectivity index (χ1) is 11.0. The molecule has 1 N–H and O–H groups in total. The van der Waals surface area contributed by atoms with E-state index in [1.807, 2.05) is 11.8 Å². The number of carbonyl (C=O) groups is 1. The number of allylic oxidation sites excluding steroid dienone is 4. The molecule has 0 amide bonds. The van der Waals surface area contributed by atoms with Gasteiger partial charge in [0.05, 0.1) is 5.92 Å². The zero-order valence-electron chi connectivity index (χ0n) is 16.2. The Morgan fingerprint density at radius 1 is 1.12 bits per heavy atom. The largest absolute Gasteiger partial charge is 0.481 e. The average molecular weight is 351 g/mol. The summed E-state index contributed by atoms with van der Waals surface area (Å²) in [4.78, 5) is 11.9. The van der Waals surface area contributed by atoms with E-state index in [9.17, 15) is 9.90 Å². The van der Waals surface area contributed by atoms with Crippen LogP contribution in [0.3, 0.4) is 0 Å². The van der Waals surface area contributed by atoms with Gasteiger partial charge >= 0.3 is 5.97 Å². The maximum atomic E-state index is 11.9. The van der Waals surface area contributed by atoms with E-state index >= 15 is 0 Å². The lowest BCUT2D eigenvalue weighted by atomic mass is 9.67. The van der Waals surface area contributed by atoms with Crippen LogP contribution < -0.4 is 0 Å². The Morgan fingerprint density at radius 3 is 2.29 bits per heavy atom. The van der Waals surface area contributed by atoms with E-state index in [0.29, 0.717) is 5.92 Å². The summed E-state index contributed by atoms with van der Waals surface area (Å²) >= 11 is 1.91. The van der Waals surface area contributed by atoms with Crippen LogP contribution in [0.4, 0.5) is 0 Å². The molecule has 1 aliphatic carbocycles. The van der Waals surface area contributed by atoms with Crippen molar-refractivity contribution in [2.75, 3.05) is 11.5 Å². The van der Waals surface area contributed by atoms with E-state index < -0.39 is 5.97 Å². The smallest absolute Gasteiger partial charge is 0.307 e. The number of carboxylic acid groups (broad SMARTS) is 1. The molecule has 0 aromatic heterocycles. The lowest BCUT2D eigenvalue weighted by Gasteiger charge is -2.38. The van der Waals surface area contributed by atoms with E-state index in [-0.39, 0.29) is 22.7 Å². The molecule has 3 unspecified atom stereocenters. The lowest BCUT2D eigenvalue weighted by Crippen LogP contribution is -2.30. The van der Waals surface area contributed by atoms with Crippen molar-refractivity contribution in [3.63, 3.8) is 0 Å². The molecule has 0 spiro atoms. The molecule has 1 fully saturated rings. The molecule has 3 atom stereocenters. The van der Waals surface area contributed by atoms with E-state index in [1.54, 1.807) is 0 Å². The summed E-state index contributed by atoms with van der Waals surface area (Å²) in [5.74, 6) is 1.84. The van der Waals surface area contributed by atoms with Crippen LogP contribution in [0.2, 0.25) is 0 Å². The number of rotatable bonds is 2. The van der Waals surface area contributed by atoms with Gasteiger partial charge in [-0.05, 0) is 59.0 Å². The minimum Gasteiger partial charge on any atom is -0.481 e. The Hall–Kier alpha value is -0.700. The van der Waals surface area contributed by atoms with Crippen molar-refractivity contribution in [2.24, 2.45) is 28.6 Å². The predicted molar refractivity (Wildman–Crippen MR) is 104 cm³/mol. The second-order valence-electron chi connectivity index (χ2n) is 9.50. The van der Waals surface area contributed by atoms with Gasteiger partial charge in [0.25, 0.3) is 0 Å². The zero-order valence-corrected chi connectivity index (χ0v) is 17.0. The summed E-state index contributed by atoms with van der Waals surface area (Å²) in [5, 5.41) is 9.76. The van der Waals surface area contributed by atoms with Gasteiger partial charge in [0, 0.05) is 0 Å². The summed E-state index contributed by atoms with van der Waals surface area (Å²) in [6, 6.07) is 0. The van der Waals surface area contributed by atoms with Crippen LogP contribution in [0.15, 0.2) is 23.3 Å². The molecular formula is C21H34O2S. The van der Waals surface area contributed by atoms with Gasteiger partial charge in [-0.2, -0.15) is 11.8 Å². The summed E-state index contributed by atoms with van der Waals surface area (Å²) < 4.78 is 0. The molecule has 2 rings (SSSR count). The second kappa shape index (κ2) is 7.27. The SMILES string of the molecule is CC(C)(C)C1=CC(C2CCSCCC2C(=O)O)=CC(C(C)(C)C)C1. The molecule has 1 heterocycles. The Morgan fingerprint density at radius 2 is 1.75 bits per heavy atom. The van der Waals surface area contributed by atoms with Crippen LogP contribution >= 0.6 is 11.8 Å². The molecule has 0 bridgehead atoms. The molecule has 2 aliphatic rings. The van der Waals surface area contributed by atoms with Gasteiger partial charge in [0.2, 0.25) is 0 Å². The Labute approximate surface area is 152 Å². The van der Waals surface area contributed by atoms with Crippen molar-refractivity contribution >= 4 is 17.7 Å². The fourth-order valence-corrected chi connectivity index (χ4v) is 4.81. The Kier molecular flexibility index (Phi) is 5.95. The molecular weight excluding hydrogens is 316 g/mol. The third-order valence-electron chi connectivity index (χ3n) is 5.63. The zero-order chi connectivity index (χ0) is 18.1. The van der Waals surface area contributed by atoms with Crippen molar-refractivity contribution in [1.29, 1.82) is 0 Å². The molecule has 2 nitrogen and oxygen atoms in total. The van der Waals surface area contributed by atoms with E-state index in [0.717, 1.165) is 30.8 Å². The first-order valence-corrected chi connectivity index (χ1v) is 10.4. The van der Waals surface area contributed by atoms with Crippen LogP contribution in [-0.2, 0) is 4.79 Å². The third-order valence-corrected chi connectivity index (χ3v) is 6.68. The van der Waals surface area contributed by atoms with Gasteiger partial charge in [0.1, 0.15) is 0 Å². The number of hydrogen-bond acceptors (Lipinski definition) is 2. The van der Waals surface area contributed by atoms with Crippen LogP contribution in [0.1, 0.15) is 60.8 Å². The standard InChI is InChI=1S/C21H34O2S/c1-20(2,3)15-11-14(12-16(13-15)21(4,5)6)17-7-9-24-10-8-18(17)19(22)23/h11-12,15,17-18H,7-10,13H2,1-6H3,(H,22,23). The van der Waals surface area contributed by atoms with Crippen molar-refractivity contribution < 1.29 is 9.90 Å².